The predicted molar refractivity (Wildman–Crippen MR) is 79.4 cm³/mol. The van der Waals surface area contributed by atoms with E-state index < -0.39 is 0 Å². The summed E-state index contributed by atoms with van der Waals surface area (Å²) < 4.78 is 5.28. The van der Waals surface area contributed by atoms with Gasteiger partial charge in [0.25, 0.3) is 0 Å². The molecular formula is C16H22N2O2. The second kappa shape index (κ2) is 5.83. The minimum atomic E-state index is 0.197. The molecule has 1 aliphatic carbocycles. The lowest BCUT2D eigenvalue weighted by Crippen LogP contribution is -2.51. The number of hydrogen-bond acceptors (Lipinski definition) is 4. The fourth-order valence-corrected chi connectivity index (χ4v) is 3.28. The normalized spacial score (nSPS) is 24.1. The summed E-state index contributed by atoms with van der Waals surface area (Å²) in [5, 5.41) is 0. The number of benzene rings is 1. The topological polar surface area (TPSA) is 32.8 Å². The summed E-state index contributed by atoms with van der Waals surface area (Å²) in [5.41, 5.74) is 1.21. The summed E-state index contributed by atoms with van der Waals surface area (Å²) in [6.07, 6.45) is 2.90. The molecular weight excluding hydrogens is 252 g/mol. The van der Waals surface area contributed by atoms with Crippen LogP contribution in [0.3, 0.4) is 0 Å². The third-order valence-electron chi connectivity index (χ3n) is 4.45. The number of rotatable bonds is 3. The van der Waals surface area contributed by atoms with Gasteiger partial charge in [-0.15, -0.1) is 0 Å². The Bertz CT molecular complexity index is 481. The van der Waals surface area contributed by atoms with Crippen LogP contribution in [0.2, 0.25) is 0 Å². The first-order valence-corrected chi connectivity index (χ1v) is 7.44. The Hall–Kier alpha value is -1.55. The van der Waals surface area contributed by atoms with Crippen molar-refractivity contribution < 1.29 is 9.53 Å². The molecule has 0 spiro atoms. The van der Waals surface area contributed by atoms with E-state index in [0.29, 0.717) is 5.78 Å². The van der Waals surface area contributed by atoms with Crippen molar-refractivity contribution >= 4 is 11.5 Å². The van der Waals surface area contributed by atoms with Crippen LogP contribution >= 0.6 is 0 Å². The van der Waals surface area contributed by atoms with E-state index in [1.807, 2.05) is 12.1 Å². The molecule has 4 nitrogen and oxygen atoms in total. The van der Waals surface area contributed by atoms with Crippen molar-refractivity contribution in [2.24, 2.45) is 0 Å². The minimum absolute atomic E-state index is 0.197. The zero-order chi connectivity index (χ0) is 13.9. The largest absolute Gasteiger partial charge is 0.497 e. The van der Waals surface area contributed by atoms with Crippen LogP contribution in [-0.2, 0) is 4.79 Å². The molecule has 2 aliphatic rings. The second-order valence-corrected chi connectivity index (χ2v) is 5.60. The Kier molecular flexibility index (Phi) is 3.92. The molecule has 0 N–H and O–H groups in total. The van der Waals surface area contributed by atoms with Gasteiger partial charge in [0.1, 0.15) is 11.5 Å². The Labute approximate surface area is 120 Å². The monoisotopic (exact) mass is 274 g/mol. The number of methoxy groups -OCH3 is 1. The van der Waals surface area contributed by atoms with E-state index in [0.717, 1.165) is 51.2 Å². The van der Waals surface area contributed by atoms with Gasteiger partial charge < -0.3 is 9.64 Å². The van der Waals surface area contributed by atoms with E-state index in [1.54, 1.807) is 7.11 Å². The van der Waals surface area contributed by atoms with Crippen molar-refractivity contribution in [1.82, 2.24) is 4.90 Å². The van der Waals surface area contributed by atoms with Gasteiger partial charge in [-0.3, -0.25) is 9.69 Å². The first kappa shape index (κ1) is 13.4. The van der Waals surface area contributed by atoms with Crippen LogP contribution in [0.25, 0.3) is 0 Å². The molecule has 1 aliphatic heterocycles. The first-order valence-electron chi connectivity index (χ1n) is 7.44. The number of carbonyl (C=O) groups excluding carboxylic acids is 1. The maximum atomic E-state index is 11.8. The molecule has 1 unspecified atom stereocenters. The van der Waals surface area contributed by atoms with Gasteiger partial charge in [-0.1, -0.05) is 6.07 Å². The molecule has 1 heterocycles. The number of hydrogen-bond donors (Lipinski definition) is 0. The molecule has 1 aromatic carbocycles. The molecule has 0 aromatic heterocycles. The third-order valence-corrected chi connectivity index (χ3v) is 4.45. The predicted octanol–water partition coefficient (Wildman–Crippen LogP) is 1.94. The van der Waals surface area contributed by atoms with Gasteiger partial charge in [0.2, 0.25) is 0 Å². The molecule has 1 saturated carbocycles. The maximum Gasteiger partial charge on any atom is 0.149 e. The van der Waals surface area contributed by atoms with E-state index in [9.17, 15) is 4.79 Å². The Morgan fingerprint density at radius 1 is 1.20 bits per heavy atom. The SMILES string of the molecule is COc1cccc(N2CCN(C3CCCC3=O)CC2)c1. The number of carbonyl (C=O) groups is 1. The number of Topliss-reactive ketones (excluding diaryl/α,β-unsaturated/α-hetero) is 1. The molecule has 1 saturated heterocycles. The van der Waals surface area contributed by atoms with Crippen LogP contribution < -0.4 is 9.64 Å². The highest BCUT2D eigenvalue weighted by Crippen LogP contribution is 2.25. The van der Waals surface area contributed by atoms with Gasteiger partial charge >= 0.3 is 0 Å². The highest BCUT2D eigenvalue weighted by atomic mass is 16.5. The Balaban J connectivity index is 1.61. The van der Waals surface area contributed by atoms with Crippen LogP contribution in [-0.4, -0.2) is 50.0 Å². The molecule has 0 bridgehead atoms. The van der Waals surface area contributed by atoms with Gasteiger partial charge in [-0.25, -0.2) is 0 Å². The Morgan fingerprint density at radius 3 is 2.65 bits per heavy atom. The summed E-state index contributed by atoms with van der Waals surface area (Å²) in [7, 11) is 1.70. The standard InChI is InChI=1S/C16H22N2O2/c1-20-14-5-2-4-13(12-14)17-8-10-18(11-9-17)15-6-3-7-16(15)19/h2,4-5,12,15H,3,6-11H2,1H3. The zero-order valence-corrected chi connectivity index (χ0v) is 12.0. The fourth-order valence-electron chi connectivity index (χ4n) is 3.28. The molecule has 1 aromatic rings. The van der Waals surface area contributed by atoms with Crippen molar-refractivity contribution in [3.63, 3.8) is 0 Å². The number of ketones is 1. The van der Waals surface area contributed by atoms with Gasteiger partial charge in [-0.05, 0) is 25.0 Å². The summed E-state index contributed by atoms with van der Waals surface area (Å²) in [6.45, 7) is 3.93. The molecule has 20 heavy (non-hydrogen) atoms. The lowest BCUT2D eigenvalue weighted by Gasteiger charge is -2.38. The quantitative estimate of drug-likeness (QED) is 0.843. The van der Waals surface area contributed by atoms with E-state index in [4.69, 9.17) is 4.74 Å². The van der Waals surface area contributed by atoms with Crippen LogP contribution in [0.15, 0.2) is 24.3 Å². The highest BCUT2D eigenvalue weighted by Gasteiger charge is 2.32. The molecule has 3 rings (SSSR count). The van der Waals surface area contributed by atoms with Gasteiger partial charge in [-0.2, -0.15) is 0 Å². The van der Waals surface area contributed by atoms with Crippen LogP contribution in [0.1, 0.15) is 19.3 Å². The minimum Gasteiger partial charge on any atom is -0.497 e. The number of ether oxygens (including phenoxy) is 1. The van der Waals surface area contributed by atoms with E-state index >= 15 is 0 Å². The molecule has 2 fully saturated rings. The second-order valence-electron chi connectivity index (χ2n) is 5.60. The Morgan fingerprint density at radius 2 is 2.00 bits per heavy atom. The maximum absolute atomic E-state index is 11.8. The van der Waals surface area contributed by atoms with Crippen molar-refractivity contribution in [1.29, 1.82) is 0 Å². The molecule has 1 atom stereocenters. The van der Waals surface area contributed by atoms with Crippen molar-refractivity contribution in [2.45, 2.75) is 25.3 Å². The molecule has 0 amide bonds. The van der Waals surface area contributed by atoms with Gasteiger partial charge in [0.15, 0.2) is 0 Å². The number of nitrogens with zero attached hydrogens (tertiary/aromatic N) is 2. The van der Waals surface area contributed by atoms with E-state index in [2.05, 4.69) is 21.9 Å². The summed E-state index contributed by atoms with van der Waals surface area (Å²) in [4.78, 5) is 16.6. The molecule has 0 radical (unpaired) electrons. The van der Waals surface area contributed by atoms with Crippen LogP contribution in [0.4, 0.5) is 5.69 Å². The molecule has 4 heteroatoms. The summed E-state index contributed by atoms with van der Waals surface area (Å²) in [5.74, 6) is 1.34. The van der Waals surface area contributed by atoms with E-state index in [1.165, 1.54) is 5.69 Å². The average Bonchev–Trinajstić information content (AvgIpc) is 2.94. The van der Waals surface area contributed by atoms with E-state index in [-0.39, 0.29) is 6.04 Å². The van der Waals surface area contributed by atoms with Crippen molar-refractivity contribution in [3.8, 4) is 5.75 Å². The van der Waals surface area contributed by atoms with Crippen LogP contribution in [0, 0.1) is 0 Å². The summed E-state index contributed by atoms with van der Waals surface area (Å²) in [6, 6.07) is 8.40. The number of piperazine rings is 1. The highest BCUT2D eigenvalue weighted by molar-refractivity contribution is 5.85. The van der Waals surface area contributed by atoms with Crippen LogP contribution in [0.5, 0.6) is 5.75 Å². The van der Waals surface area contributed by atoms with Crippen molar-refractivity contribution in [2.75, 3.05) is 38.2 Å². The number of anilines is 1. The first-order chi connectivity index (χ1) is 9.78. The summed E-state index contributed by atoms with van der Waals surface area (Å²) >= 11 is 0. The zero-order valence-electron chi connectivity index (χ0n) is 12.0. The lowest BCUT2D eigenvalue weighted by molar-refractivity contribution is -0.122. The van der Waals surface area contributed by atoms with Gasteiger partial charge in [0, 0.05) is 44.4 Å². The van der Waals surface area contributed by atoms with Gasteiger partial charge in [0.05, 0.1) is 13.2 Å². The molecule has 108 valence electrons. The van der Waals surface area contributed by atoms with Crippen molar-refractivity contribution in [3.05, 3.63) is 24.3 Å². The smallest absolute Gasteiger partial charge is 0.149 e. The fraction of sp³-hybridized carbons (Fsp3) is 0.562. The lowest BCUT2D eigenvalue weighted by atomic mass is 10.1. The third kappa shape index (κ3) is 2.66. The average molecular weight is 274 g/mol.